The number of hydrogen-bond donors (Lipinski definition) is 1. The van der Waals surface area contributed by atoms with Gasteiger partial charge in [0.1, 0.15) is 11.9 Å². The van der Waals surface area contributed by atoms with Crippen molar-refractivity contribution in [3.63, 3.8) is 0 Å². The molecule has 0 radical (unpaired) electrons. The molecule has 0 bridgehead atoms. The summed E-state index contributed by atoms with van der Waals surface area (Å²) in [4.78, 5) is 38.3. The Hall–Kier alpha value is -3.56. The van der Waals surface area contributed by atoms with E-state index in [1.165, 1.54) is 0 Å². The largest absolute Gasteiger partial charge is 0.335 e. The molecule has 10 heteroatoms. The van der Waals surface area contributed by atoms with Gasteiger partial charge in [0.05, 0.1) is 0 Å². The SMILES string of the molecule is Cc1nc(C2CN(C(=O)c3cc(C)n(C)n3)CCCN2C(=O)c2ccncc2)n[nH]1. The Bertz CT molecular complexity index is 1040. The summed E-state index contributed by atoms with van der Waals surface area (Å²) in [5.74, 6) is 0.859. The lowest BCUT2D eigenvalue weighted by Gasteiger charge is -2.29. The van der Waals surface area contributed by atoms with Crippen molar-refractivity contribution in [2.75, 3.05) is 19.6 Å². The summed E-state index contributed by atoms with van der Waals surface area (Å²) < 4.78 is 1.68. The lowest BCUT2D eigenvalue weighted by Crippen LogP contribution is -2.41. The van der Waals surface area contributed by atoms with Crippen LogP contribution in [0.1, 0.15) is 50.7 Å². The fourth-order valence-electron chi connectivity index (χ4n) is 3.63. The van der Waals surface area contributed by atoms with E-state index in [-0.39, 0.29) is 11.8 Å². The average Bonchev–Trinajstić information content (AvgIpc) is 3.25. The summed E-state index contributed by atoms with van der Waals surface area (Å²) >= 11 is 0. The highest BCUT2D eigenvalue weighted by Crippen LogP contribution is 2.25. The third-order valence-electron chi connectivity index (χ3n) is 5.32. The second-order valence-electron chi connectivity index (χ2n) is 7.43. The summed E-state index contributed by atoms with van der Waals surface area (Å²) in [7, 11) is 1.81. The van der Waals surface area contributed by atoms with Gasteiger partial charge in [-0.3, -0.25) is 24.4 Å². The van der Waals surface area contributed by atoms with E-state index >= 15 is 0 Å². The predicted molar refractivity (Wildman–Crippen MR) is 108 cm³/mol. The van der Waals surface area contributed by atoms with Crippen LogP contribution in [0.4, 0.5) is 0 Å². The first-order valence-corrected chi connectivity index (χ1v) is 9.84. The van der Waals surface area contributed by atoms with Crippen LogP contribution in [0.2, 0.25) is 0 Å². The second-order valence-corrected chi connectivity index (χ2v) is 7.43. The minimum absolute atomic E-state index is 0.132. The van der Waals surface area contributed by atoms with Crippen molar-refractivity contribution >= 4 is 11.8 Å². The fourth-order valence-corrected chi connectivity index (χ4v) is 3.63. The van der Waals surface area contributed by atoms with Crippen molar-refractivity contribution in [3.8, 4) is 0 Å². The quantitative estimate of drug-likeness (QED) is 0.699. The van der Waals surface area contributed by atoms with Crippen molar-refractivity contribution in [1.29, 1.82) is 0 Å². The number of carbonyl (C=O) groups excluding carboxylic acids is 2. The van der Waals surface area contributed by atoms with Crippen LogP contribution in [0.3, 0.4) is 0 Å². The maximum atomic E-state index is 13.3. The Morgan fingerprint density at radius 1 is 1.13 bits per heavy atom. The normalized spacial score (nSPS) is 17.1. The summed E-state index contributed by atoms with van der Waals surface area (Å²) in [5, 5.41) is 11.5. The van der Waals surface area contributed by atoms with E-state index in [1.807, 2.05) is 20.9 Å². The van der Waals surface area contributed by atoms with Crippen LogP contribution in [0.25, 0.3) is 0 Å². The Balaban J connectivity index is 1.66. The smallest absolute Gasteiger partial charge is 0.274 e. The Kier molecular flexibility index (Phi) is 5.30. The van der Waals surface area contributed by atoms with Gasteiger partial charge in [0.25, 0.3) is 11.8 Å². The van der Waals surface area contributed by atoms with Crippen molar-refractivity contribution in [2.24, 2.45) is 7.05 Å². The molecule has 30 heavy (non-hydrogen) atoms. The van der Waals surface area contributed by atoms with E-state index in [4.69, 9.17) is 0 Å². The topological polar surface area (TPSA) is 113 Å². The summed E-state index contributed by atoms with van der Waals surface area (Å²) in [6, 6.07) is 4.69. The number of amides is 2. The van der Waals surface area contributed by atoms with Gasteiger partial charge in [0.2, 0.25) is 0 Å². The number of nitrogens with zero attached hydrogens (tertiary/aromatic N) is 7. The van der Waals surface area contributed by atoms with Gasteiger partial charge in [-0.15, -0.1) is 0 Å². The molecular formula is C20H24N8O2. The van der Waals surface area contributed by atoms with Gasteiger partial charge < -0.3 is 9.80 Å². The Morgan fingerprint density at radius 3 is 2.53 bits per heavy atom. The van der Waals surface area contributed by atoms with Crippen molar-refractivity contribution in [1.82, 2.24) is 39.7 Å². The molecule has 0 spiro atoms. The number of pyridine rings is 1. The third kappa shape index (κ3) is 3.80. The van der Waals surface area contributed by atoms with Crippen LogP contribution < -0.4 is 0 Å². The molecule has 2 amide bonds. The Labute approximate surface area is 173 Å². The van der Waals surface area contributed by atoms with Crippen molar-refractivity contribution in [2.45, 2.75) is 26.3 Å². The molecule has 4 heterocycles. The number of hydrogen-bond acceptors (Lipinski definition) is 6. The van der Waals surface area contributed by atoms with E-state index in [1.54, 1.807) is 45.1 Å². The van der Waals surface area contributed by atoms with Gasteiger partial charge in [0, 0.05) is 50.3 Å². The molecule has 1 fully saturated rings. The molecule has 0 aromatic carbocycles. The number of aromatic amines is 1. The van der Waals surface area contributed by atoms with Crippen LogP contribution in [-0.2, 0) is 7.05 Å². The van der Waals surface area contributed by atoms with E-state index in [9.17, 15) is 9.59 Å². The highest BCUT2D eigenvalue weighted by atomic mass is 16.2. The van der Waals surface area contributed by atoms with Crippen LogP contribution in [0, 0.1) is 13.8 Å². The number of aryl methyl sites for hydroxylation is 3. The fraction of sp³-hybridized carbons (Fsp3) is 0.400. The van der Waals surface area contributed by atoms with Gasteiger partial charge in [-0.25, -0.2) is 4.98 Å². The summed E-state index contributed by atoms with van der Waals surface area (Å²) in [6.45, 7) is 5.02. The van der Waals surface area contributed by atoms with Crippen molar-refractivity contribution < 1.29 is 9.59 Å². The lowest BCUT2D eigenvalue weighted by molar-refractivity contribution is 0.0620. The number of rotatable bonds is 3. The molecule has 1 saturated heterocycles. The van der Waals surface area contributed by atoms with E-state index < -0.39 is 6.04 Å². The number of H-pyrrole nitrogens is 1. The molecule has 0 aliphatic carbocycles. The first kappa shape index (κ1) is 19.7. The maximum absolute atomic E-state index is 13.3. The number of nitrogens with one attached hydrogen (secondary N) is 1. The van der Waals surface area contributed by atoms with Crippen molar-refractivity contribution in [3.05, 3.63) is 59.2 Å². The molecule has 156 valence electrons. The number of aromatic nitrogens is 6. The van der Waals surface area contributed by atoms with Gasteiger partial charge in [-0.05, 0) is 38.5 Å². The van der Waals surface area contributed by atoms with Crippen LogP contribution >= 0.6 is 0 Å². The first-order chi connectivity index (χ1) is 14.4. The molecular weight excluding hydrogens is 384 g/mol. The van der Waals surface area contributed by atoms with Crippen LogP contribution in [0.5, 0.6) is 0 Å². The molecule has 1 unspecified atom stereocenters. The zero-order chi connectivity index (χ0) is 21.3. The zero-order valence-corrected chi connectivity index (χ0v) is 17.2. The van der Waals surface area contributed by atoms with Gasteiger partial charge in [-0.1, -0.05) is 0 Å². The molecule has 10 nitrogen and oxygen atoms in total. The highest BCUT2D eigenvalue weighted by molar-refractivity contribution is 5.95. The monoisotopic (exact) mass is 408 g/mol. The third-order valence-corrected chi connectivity index (χ3v) is 5.32. The molecule has 1 aliphatic heterocycles. The van der Waals surface area contributed by atoms with Gasteiger partial charge in [0.15, 0.2) is 11.5 Å². The molecule has 4 rings (SSSR count). The molecule has 3 aromatic rings. The highest BCUT2D eigenvalue weighted by Gasteiger charge is 2.35. The average molecular weight is 408 g/mol. The van der Waals surface area contributed by atoms with E-state index in [2.05, 4.69) is 25.3 Å². The maximum Gasteiger partial charge on any atom is 0.274 e. The zero-order valence-electron chi connectivity index (χ0n) is 17.2. The Morgan fingerprint density at radius 2 is 1.90 bits per heavy atom. The van der Waals surface area contributed by atoms with E-state index in [0.717, 1.165) is 5.69 Å². The first-order valence-electron chi connectivity index (χ1n) is 9.84. The van der Waals surface area contributed by atoms with Crippen LogP contribution in [-0.4, -0.2) is 71.2 Å². The predicted octanol–water partition coefficient (Wildman–Crippen LogP) is 1.28. The standard InChI is InChI=1S/C20H24N8O2/c1-13-11-16(25-26(13)3)20(30)27-9-4-10-28(19(29)15-5-7-21-8-6-15)17(12-27)18-22-14(2)23-24-18/h5-8,11,17H,4,9-10,12H2,1-3H3,(H,22,23,24). The van der Waals surface area contributed by atoms with Gasteiger partial charge >= 0.3 is 0 Å². The summed E-state index contributed by atoms with van der Waals surface area (Å²) in [5.41, 5.74) is 1.85. The molecule has 3 aromatic heterocycles. The minimum atomic E-state index is -0.466. The van der Waals surface area contributed by atoms with Gasteiger partial charge in [-0.2, -0.15) is 10.2 Å². The summed E-state index contributed by atoms with van der Waals surface area (Å²) in [6.07, 6.45) is 3.83. The van der Waals surface area contributed by atoms with E-state index in [0.29, 0.717) is 49.0 Å². The molecule has 1 atom stereocenters. The molecule has 1 aliphatic rings. The van der Waals surface area contributed by atoms with Crippen LogP contribution in [0.15, 0.2) is 30.6 Å². The molecule has 1 N–H and O–H groups in total. The minimum Gasteiger partial charge on any atom is -0.335 e. The lowest BCUT2D eigenvalue weighted by atomic mass is 10.1. The second kappa shape index (κ2) is 8.05. The number of carbonyl (C=O) groups is 2. The molecule has 0 saturated carbocycles.